The Morgan fingerprint density at radius 2 is 1.24 bits per heavy atom. The molecule has 7 nitrogen and oxygen atoms in total. The van der Waals surface area contributed by atoms with Gasteiger partial charge in [0.1, 0.15) is 34.8 Å². The van der Waals surface area contributed by atoms with Crippen molar-refractivity contribution >= 4 is 72.0 Å². The number of rotatable bonds is 7. The molecular formula is C42H30N4O3. The number of hydrogen-bond acceptors (Lipinski definition) is 5. The fraction of sp³-hybridized carbons (Fsp3) is 0.0476. The van der Waals surface area contributed by atoms with Gasteiger partial charge in [-0.3, -0.25) is 4.99 Å². The molecule has 49 heavy (non-hydrogen) atoms. The van der Waals surface area contributed by atoms with E-state index in [2.05, 4.69) is 12.1 Å². The molecule has 7 aromatic carbocycles. The molecule has 0 atom stereocenters. The molecule has 0 saturated carbocycles. The molecule has 9 rings (SSSR count). The summed E-state index contributed by atoms with van der Waals surface area (Å²) in [4.78, 5) is 10.1. The maximum Gasteiger partial charge on any atom is 0.158 e. The van der Waals surface area contributed by atoms with Gasteiger partial charge in [-0.1, -0.05) is 103 Å². The molecule has 0 aliphatic carbocycles. The highest BCUT2D eigenvalue weighted by molar-refractivity contribution is 6.27. The minimum absolute atomic E-state index is 0.297. The van der Waals surface area contributed by atoms with Crippen molar-refractivity contribution in [3.05, 3.63) is 156 Å². The highest BCUT2D eigenvalue weighted by atomic mass is 16.5. The number of fused-ring (bicyclic) bond motifs is 3. The van der Waals surface area contributed by atoms with Gasteiger partial charge in [0.25, 0.3) is 0 Å². The van der Waals surface area contributed by atoms with Gasteiger partial charge in [0.05, 0.1) is 12.2 Å². The zero-order valence-electron chi connectivity index (χ0n) is 26.4. The van der Waals surface area contributed by atoms with Crippen LogP contribution in [-0.2, 0) is 13.2 Å². The van der Waals surface area contributed by atoms with Crippen LogP contribution in [0.3, 0.4) is 0 Å². The van der Waals surface area contributed by atoms with Crippen molar-refractivity contribution < 1.29 is 13.6 Å². The molecular weight excluding hydrogens is 608 g/mol. The molecule has 0 aliphatic heterocycles. The summed E-state index contributed by atoms with van der Waals surface area (Å²) >= 11 is 0. The summed E-state index contributed by atoms with van der Waals surface area (Å²) in [6.45, 7) is 0.677. The fourth-order valence-corrected chi connectivity index (χ4v) is 6.75. The number of furan rings is 2. The van der Waals surface area contributed by atoms with Crippen molar-refractivity contribution in [3.8, 4) is 5.75 Å². The van der Waals surface area contributed by atoms with Gasteiger partial charge in [-0.15, -0.1) is 0 Å². The molecule has 0 radical (unpaired) electrons. The quantitative estimate of drug-likeness (QED) is 0.0781. The lowest BCUT2D eigenvalue weighted by Crippen LogP contribution is -2.16. The second kappa shape index (κ2) is 11.6. The lowest BCUT2D eigenvalue weighted by molar-refractivity contribution is 0.312. The summed E-state index contributed by atoms with van der Waals surface area (Å²) in [5.74, 6) is 1.49. The standard InChI is InChI=1S/C42H30N4O3/c43-39-29-16-9-20-34-37(29)38-31(40(39)47-24-25-11-3-1-4-12-25)21-26(22-35(38)49-34)23-45-42(46-41(44)27-13-5-2-6-14-27)30-17-10-19-33-36(30)28-15-7-8-18-32(28)48-33/h1-22H,23-24,43H2,(H2,44,45,46). The zero-order chi connectivity index (χ0) is 32.9. The molecule has 2 aromatic heterocycles. The first-order valence-electron chi connectivity index (χ1n) is 16.1. The molecule has 4 N–H and O–H groups in total. The Kier molecular flexibility index (Phi) is 6.76. The second-order valence-corrected chi connectivity index (χ2v) is 12.1. The van der Waals surface area contributed by atoms with Gasteiger partial charge < -0.3 is 25.0 Å². The number of anilines is 1. The van der Waals surface area contributed by atoms with Gasteiger partial charge in [-0.2, -0.15) is 0 Å². The van der Waals surface area contributed by atoms with Crippen LogP contribution in [0.2, 0.25) is 0 Å². The van der Waals surface area contributed by atoms with E-state index < -0.39 is 0 Å². The average Bonchev–Trinajstić information content (AvgIpc) is 3.72. The van der Waals surface area contributed by atoms with Crippen LogP contribution in [0.15, 0.2) is 152 Å². The van der Waals surface area contributed by atoms with Gasteiger partial charge in [-0.05, 0) is 41.5 Å². The summed E-state index contributed by atoms with van der Waals surface area (Å²) in [5.41, 5.74) is 20.7. The van der Waals surface area contributed by atoms with E-state index in [-0.39, 0.29) is 0 Å². The molecule has 0 spiro atoms. The molecule has 7 heteroatoms. The highest BCUT2D eigenvalue weighted by Crippen LogP contribution is 2.46. The molecule has 9 aromatic rings. The van der Waals surface area contributed by atoms with Gasteiger partial charge in [0, 0.05) is 43.4 Å². The number of ether oxygens (including phenoxy) is 1. The minimum Gasteiger partial charge on any atom is -0.486 e. The summed E-state index contributed by atoms with van der Waals surface area (Å²) in [6, 6.07) is 43.8. The Bertz CT molecular complexity index is 2710. The molecule has 0 unspecified atom stereocenters. The second-order valence-electron chi connectivity index (χ2n) is 12.1. The van der Waals surface area contributed by atoms with Crippen molar-refractivity contribution in [3.63, 3.8) is 0 Å². The van der Waals surface area contributed by atoms with Crippen molar-refractivity contribution in [1.82, 2.24) is 0 Å². The van der Waals surface area contributed by atoms with Gasteiger partial charge in [0.2, 0.25) is 0 Å². The van der Waals surface area contributed by atoms with Crippen LogP contribution < -0.4 is 16.2 Å². The lowest BCUT2D eigenvalue weighted by Gasteiger charge is -2.15. The molecule has 0 saturated heterocycles. The Labute approximate surface area is 281 Å². The third-order valence-electron chi connectivity index (χ3n) is 9.01. The van der Waals surface area contributed by atoms with Gasteiger partial charge >= 0.3 is 0 Å². The third kappa shape index (κ3) is 4.91. The van der Waals surface area contributed by atoms with E-state index in [9.17, 15) is 0 Å². The number of benzene rings is 7. The molecule has 2 heterocycles. The number of amidine groups is 2. The number of nitrogen functional groups attached to an aromatic ring is 1. The minimum atomic E-state index is 0.297. The average molecular weight is 639 g/mol. The first-order chi connectivity index (χ1) is 24.1. The largest absolute Gasteiger partial charge is 0.486 e. The van der Waals surface area contributed by atoms with Crippen LogP contribution in [0.5, 0.6) is 5.75 Å². The van der Waals surface area contributed by atoms with Gasteiger partial charge in [0.15, 0.2) is 11.6 Å². The Morgan fingerprint density at radius 3 is 2.08 bits per heavy atom. The predicted octanol–water partition coefficient (Wildman–Crippen LogP) is 9.59. The van der Waals surface area contributed by atoms with E-state index in [1.807, 2.05) is 121 Å². The first kappa shape index (κ1) is 28.6. The van der Waals surface area contributed by atoms with Crippen LogP contribution in [0.4, 0.5) is 5.69 Å². The normalized spacial score (nSPS) is 12.7. The molecule has 236 valence electrons. The smallest absolute Gasteiger partial charge is 0.158 e. The monoisotopic (exact) mass is 638 g/mol. The predicted molar refractivity (Wildman–Crippen MR) is 199 cm³/mol. The SMILES string of the molecule is NC(=NC(=NCc1cc2oc3cccc4c(N)c(OCc5ccccc5)c(c1)c2c34)c1cccc2oc3ccccc3c12)c1ccccc1. The van der Waals surface area contributed by atoms with Crippen LogP contribution in [-0.4, -0.2) is 11.7 Å². The number of nitrogens with zero attached hydrogens (tertiary/aromatic N) is 2. The van der Waals surface area contributed by atoms with Gasteiger partial charge in [-0.25, -0.2) is 4.99 Å². The maximum absolute atomic E-state index is 6.84. The fourth-order valence-electron chi connectivity index (χ4n) is 6.75. The van der Waals surface area contributed by atoms with Crippen LogP contribution >= 0.6 is 0 Å². The van der Waals surface area contributed by atoms with Crippen molar-refractivity contribution in [2.24, 2.45) is 15.7 Å². The first-order valence-corrected chi connectivity index (χ1v) is 16.1. The summed E-state index contributed by atoms with van der Waals surface area (Å²) in [7, 11) is 0. The molecule has 0 bridgehead atoms. The number of aliphatic imine (C=N–C) groups is 2. The van der Waals surface area contributed by atoms with Crippen LogP contribution in [0.25, 0.3) is 54.6 Å². The number of para-hydroxylation sites is 1. The van der Waals surface area contributed by atoms with E-state index in [0.29, 0.717) is 36.3 Å². The van der Waals surface area contributed by atoms with Crippen molar-refractivity contribution in [1.29, 1.82) is 0 Å². The van der Waals surface area contributed by atoms with E-state index >= 15 is 0 Å². The molecule has 0 fully saturated rings. The van der Waals surface area contributed by atoms with E-state index in [0.717, 1.165) is 76.9 Å². The number of hydrogen-bond donors (Lipinski definition) is 2. The van der Waals surface area contributed by atoms with E-state index in [4.69, 9.17) is 35.0 Å². The Hall–Kier alpha value is -6.60. The van der Waals surface area contributed by atoms with Crippen LogP contribution in [0, 0.1) is 0 Å². The number of nitrogens with two attached hydrogens (primary N) is 2. The third-order valence-corrected chi connectivity index (χ3v) is 9.01. The summed E-state index contributed by atoms with van der Waals surface area (Å²) in [5, 5.41) is 5.68. The lowest BCUT2D eigenvalue weighted by atomic mass is 9.97. The highest BCUT2D eigenvalue weighted by Gasteiger charge is 2.22. The summed E-state index contributed by atoms with van der Waals surface area (Å²) in [6.07, 6.45) is 0. The maximum atomic E-state index is 6.84. The van der Waals surface area contributed by atoms with Crippen LogP contribution in [0.1, 0.15) is 22.3 Å². The Morgan fingerprint density at radius 1 is 0.592 bits per heavy atom. The Balaban J connectivity index is 1.21. The van der Waals surface area contributed by atoms with Crippen molar-refractivity contribution in [2.45, 2.75) is 13.2 Å². The van der Waals surface area contributed by atoms with E-state index in [1.165, 1.54) is 0 Å². The topological polar surface area (TPSA) is 112 Å². The van der Waals surface area contributed by atoms with E-state index in [1.54, 1.807) is 0 Å². The summed E-state index contributed by atoms with van der Waals surface area (Å²) < 4.78 is 19.1. The molecule has 0 amide bonds. The van der Waals surface area contributed by atoms with Crippen molar-refractivity contribution in [2.75, 3.05) is 5.73 Å². The molecule has 0 aliphatic rings. The zero-order valence-corrected chi connectivity index (χ0v) is 26.4.